The number of hydrogen-bond acceptors (Lipinski definition) is 4. The van der Waals surface area contributed by atoms with Gasteiger partial charge in [0.15, 0.2) is 0 Å². The van der Waals surface area contributed by atoms with E-state index in [-0.39, 0.29) is 5.02 Å². The smallest absolute Gasteiger partial charge is 0.258 e. The molecule has 0 N–H and O–H groups in total. The third-order valence-corrected chi connectivity index (χ3v) is 3.38. The molecule has 0 heterocycles. The van der Waals surface area contributed by atoms with Gasteiger partial charge in [0.25, 0.3) is 5.69 Å². The van der Waals surface area contributed by atoms with Crippen molar-refractivity contribution in [3.8, 4) is 0 Å². The Kier molecular flexibility index (Phi) is 3.44. The summed E-state index contributed by atoms with van der Waals surface area (Å²) in [5, 5.41) is 10.1. The number of benzene rings is 1. The molecule has 88 valence electrons. The molecule has 0 fully saturated rings. The number of sulfone groups is 1. The molecule has 0 aliphatic heterocycles. The van der Waals surface area contributed by atoms with Gasteiger partial charge in [0, 0.05) is 6.07 Å². The SMILES string of the molecule is O=[N+]([O-])c1cc(S(=O)(=O)C(F)F)ccc1Cl. The molecule has 0 unspecified atom stereocenters. The van der Waals surface area contributed by atoms with Gasteiger partial charge >= 0.3 is 5.76 Å². The quantitative estimate of drug-likeness (QED) is 0.624. The molecule has 0 aromatic heterocycles. The Balaban J connectivity index is 3.40. The molecule has 5 nitrogen and oxygen atoms in total. The van der Waals surface area contributed by atoms with Crippen molar-refractivity contribution in [3.05, 3.63) is 33.3 Å². The number of nitro benzene ring substituents is 1. The zero-order valence-corrected chi connectivity index (χ0v) is 9.00. The van der Waals surface area contributed by atoms with Crippen molar-refractivity contribution >= 4 is 27.1 Å². The van der Waals surface area contributed by atoms with Crippen molar-refractivity contribution in [1.82, 2.24) is 0 Å². The highest BCUT2D eigenvalue weighted by molar-refractivity contribution is 7.91. The molecule has 0 spiro atoms. The summed E-state index contributed by atoms with van der Waals surface area (Å²) in [6.07, 6.45) is 0. The molecule has 0 radical (unpaired) electrons. The second kappa shape index (κ2) is 4.30. The zero-order valence-electron chi connectivity index (χ0n) is 7.43. The highest BCUT2D eigenvalue weighted by atomic mass is 35.5. The fourth-order valence-corrected chi connectivity index (χ4v) is 1.84. The van der Waals surface area contributed by atoms with Crippen molar-refractivity contribution in [2.45, 2.75) is 10.7 Å². The number of rotatable bonds is 3. The Bertz CT molecular complexity index is 531. The van der Waals surface area contributed by atoms with Crippen LogP contribution in [0.5, 0.6) is 0 Å². The topological polar surface area (TPSA) is 77.3 Å². The maximum Gasteiger partial charge on any atom is 0.341 e. The van der Waals surface area contributed by atoms with E-state index in [0.29, 0.717) is 6.07 Å². The largest absolute Gasteiger partial charge is 0.341 e. The molecule has 0 saturated carbocycles. The summed E-state index contributed by atoms with van der Waals surface area (Å²) in [6.45, 7) is 0. The summed E-state index contributed by atoms with van der Waals surface area (Å²) < 4.78 is 46.3. The van der Waals surface area contributed by atoms with Gasteiger partial charge in [-0.2, -0.15) is 8.78 Å². The van der Waals surface area contributed by atoms with E-state index in [1.807, 2.05) is 0 Å². The van der Waals surface area contributed by atoms with E-state index in [9.17, 15) is 27.3 Å². The van der Waals surface area contributed by atoms with Crippen molar-refractivity contribution in [1.29, 1.82) is 0 Å². The second-order valence-corrected chi connectivity index (χ2v) is 5.00. The maximum absolute atomic E-state index is 12.1. The lowest BCUT2D eigenvalue weighted by Crippen LogP contribution is -2.11. The predicted molar refractivity (Wildman–Crippen MR) is 51.3 cm³/mol. The van der Waals surface area contributed by atoms with E-state index in [0.717, 1.165) is 12.1 Å². The second-order valence-electron chi connectivity index (χ2n) is 2.68. The normalized spacial score (nSPS) is 11.8. The molecule has 16 heavy (non-hydrogen) atoms. The van der Waals surface area contributed by atoms with Gasteiger partial charge in [0.2, 0.25) is 9.84 Å². The molecule has 0 aliphatic carbocycles. The van der Waals surface area contributed by atoms with Gasteiger partial charge in [0.1, 0.15) is 5.02 Å². The van der Waals surface area contributed by atoms with Gasteiger partial charge in [-0.1, -0.05) is 11.6 Å². The zero-order chi connectivity index (χ0) is 12.5. The minimum atomic E-state index is -4.85. The molecule has 0 atom stereocenters. The summed E-state index contributed by atoms with van der Waals surface area (Å²) in [7, 11) is -4.85. The van der Waals surface area contributed by atoms with E-state index in [1.165, 1.54) is 0 Å². The summed E-state index contributed by atoms with van der Waals surface area (Å²) in [6, 6.07) is 2.18. The van der Waals surface area contributed by atoms with Gasteiger partial charge in [-0.3, -0.25) is 10.1 Å². The van der Waals surface area contributed by atoms with Crippen LogP contribution in [0.2, 0.25) is 5.02 Å². The average molecular weight is 272 g/mol. The average Bonchev–Trinajstić information content (AvgIpc) is 2.17. The van der Waals surface area contributed by atoms with Gasteiger partial charge in [-0.15, -0.1) is 0 Å². The number of alkyl halides is 2. The Morgan fingerprint density at radius 2 is 1.94 bits per heavy atom. The molecule has 0 amide bonds. The lowest BCUT2D eigenvalue weighted by molar-refractivity contribution is -0.384. The Hall–Kier alpha value is -1.28. The maximum atomic E-state index is 12.1. The van der Waals surface area contributed by atoms with E-state index >= 15 is 0 Å². The third kappa shape index (κ3) is 2.27. The Labute approximate surface area is 93.7 Å². The van der Waals surface area contributed by atoms with Crippen LogP contribution in [0.25, 0.3) is 0 Å². The Morgan fingerprint density at radius 3 is 2.38 bits per heavy atom. The number of hydrogen-bond donors (Lipinski definition) is 0. The highest BCUT2D eigenvalue weighted by Crippen LogP contribution is 2.29. The minimum Gasteiger partial charge on any atom is -0.258 e. The molecule has 0 bridgehead atoms. The summed E-state index contributed by atoms with van der Waals surface area (Å²) in [5.41, 5.74) is -0.733. The molecule has 0 aliphatic rings. The fourth-order valence-electron chi connectivity index (χ4n) is 0.912. The van der Waals surface area contributed by atoms with Crippen LogP contribution in [-0.2, 0) is 9.84 Å². The molecule has 0 saturated heterocycles. The van der Waals surface area contributed by atoms with Crippen LogP contribution in [0.4, 0.5) is 14.5 Å². The van der Waals surface area contributed by atoms with Crippen molar-refractivity contribution < 1.29 is 22.1 Å². The summed E-state index contributed by atoms with van der Waals surface area (Å²) in [4.78, 5) is 8.62. The van der Waals surface area contributed by atoms with Crippen molar-refractivity contribution in [2.75, 3.05) is 0 Å². The summed E-state index contributed by atoms with van der Waals surface area (Å²) in [5.74, 6) is -3.63. The number of nitrogens with zero attached hydrogens (tertiary/aromatic N) is 1. The predicted octanol–water partition coefficient (Wildman–Crippen LogP) is 2.24. The fraction of sp³-hybridized carbons (Fsp3) is 0.143. The van der Waals surface area contributed by atoms with E-state index in [2.05, 4.69) is 0 Å². The van der Waals surface area contributed by atoms with Crippen LogP contribution in [0, 0.1) is 10.1 Å². The molecule has 1 aromatic carbocycles. The van der Waals surface area contributed by atoms with Gasteiger partial charge in [-0.05, 0) is 12.1 Å². The molecule has 9 heteroatoms. The Morgan fingerprint density at radius 1 is 1.38 bits per heavy atom. The first-order valence-corrected chi connectivity index (χ1v) is 5.65. The van der Waals surface area contributed by atoms with Gasteiger partial charge in [0.05, 0.1) is 9.82 Å². The first-order chi connectivity index (χ1) is 7.26. The van der Waals surface area contributed by atoms with Crippen molar-refractivity contribution in [3.63, 3.8) is 0 Å². The van der Waals surface area contributed by atoms with Gasteiger partial charge in [-0.25, -0.2) is 8.42 Å². The minimum absolute atomic E-state index is 0.321. The standard InChI is InChI=1S/C7H4ClF2NO4S/c8-5-2-1-4(3-6(5)11(12)13)16(14,15)7(9)10/h1-3,7H. The molecule has 1 rings (SSSR count). The van der Waals surface area contributed by atoms with Crippen LogP contribution in [0.3, 0.4) is 0 Å². The first-order valence-electron chi connectivity index (χ1n) is 3.73. The lowest BCUT2D eigenvalue weighted by atomic mass is 10.3. The van der Waals surface area contributed by atoms with Crippen LogP contribution in [-0.4, -0.2) is 19.1 Å². The number of halogens is 3. The molecular weight excluding hydrogens is 268 g/mol. The monoisotopic (exact) mass is 271 g/mol. The van der Waals surface area contributed by atoms with Gasteiger partial charge < -0.3 is 0 Å². The molecular formula is C7H4ClF2NO4S. The van der Waals surface area contributed by atoms with Crippen LogP contribution < -0.4 is 0 Å². The van der Waals surface area contributed by atoms with Crippen LogP contribution in [0.1, 0.15) is 0 Å². The highest BCUT2D eigenvalue weighted by Gasteiger charge is 2.28. The lowest BCUT2D eigenvalue weighted by Gasteiger charge is -2.03. The van der Waals surface area contributed by atoms with E-state index in [1.54, 1.807) is 0 Å². The van der Waals surface area contributed by atoms with Crippen molar-refractivity contribution in [2.24, 2.45) is 0 Å². The van der Waals surface area contributed by atoms with E-state index < -0.39 is 31.1 Å². The molecule has 1 aromatic rings. The summed E-state index contributed by atoms with van der Waals surface area (Å²) >= 11 is 5.40. The van der Waals surface area contributed by atoms with E-state index in [4.69, 9.17) is 11.6 Å². The van der Waals surface area contributed by atoms with Crippen LogP contribution in [0.15, 0.2) is 23.1 Å². The van der Waals surface area contributed by atoms with Crippen LogP contribution >= 0.6 is 11.6 Å². The first kappa shape index (κ1) is 12.8. The number of nitro groups is 1. The third-order valence-electron chi connectivity index (χ3n) is 1.68.